The van der Waals surface area contributed by atoms with Gasteiger partial charge in [-0.25, -0.2) is 0 Å². The van der Waals surface area contributed by atoms with E-state index < -0.39 is 17.6 Å². The number of anilines is 1. The fourth-order valence-electron chi connectivity index (χ4n) is 2.88. The van der Waals surface area contributed by atoms with Crippen molar-refractivity contribution in [3.05, 3.63) is 59.2 Å². The summed E-state index contributed by atoms with van der Waals surface area (Å²) in [6.45, 7) is 2.96. The molecular weight excluding hydrogens is 409 g/mol. The van der Waals surface area contributed by atoms with Crippen molar-refractivity contribution in [1.82, 2.24) is 4.57 Å². The summed E-state index contributed by atoms with van der Waals surface area (Å²) in [5.41, 5.74) is 0.186. The molecule has 0 radical (unpaired) electrons. The summed E-state index contributed by atoms with van der Waals surface area (Å²) in [6.07, 6.45) is -1.51. The number of hydrogen-bond donors (Lipinski definition) is 1. The number of rotatable bonds is 6. The Bertz CT molecular complexity index is 1000. The fourth-order valence-corrected chi connectivity index (χ4v) is 3.93. The molecule has 0 unspecified atom stereocenters. The van der Waals surface area contributed by atoms with Crippen LogP contribution in [-0.4, -0.2) is 16.2 Å². The Morgan fingerprint density at radius 2 is 1.96 bits per heavy atom. The number of carbonyl (C=O) groups is 1. The molecule has 0 saturated heterocycles. The van der Waals surface area contributed by atoms with E-state index in [-0.39, 0.29) is 16.5 Å². The number of aromatic nitrogens is 1. The van der Waals surface area contributed by atoms with Crippen molar-refractivity contribution in [2.75, 3.05) is 11.1 Å². The number of nitrogens with zero attached hydrogens (tertiary/aromatic N) is 1. The maximum Gasteiger partial charge on any atom is 0.416 e. The maximum absolute atomic E-state index is 12.9. The van der Waals surface area contributed by atoms with Crippen LogP contribution in [0.2, 0.25) is 5.02 Å². The van der Waals surface area contributed by atoms with E-state index in [4.69, 9.17) is 11.6 Å². The highest BCUT2D eigenvalue weighted by Crippen LogP contribution is 2.34. The lowest BCUT2D eigenvalue weighted by Crippen LogP contribution is -2.15. The molecule has 0 bridgehead atoms. The van der Waals surface area contributed by atoms with Crippen molar-refractivity contribution in [3.8, 4) is 0 Å². The molecule has 1 amide bonds. The van der Waals surface area contributed by atoms with Crippen molar-refractivity contribution >= 4 is 45.9 Å². The Hall–Kier alpha value is -2.12. The second-order valence-electron chi connectivity index (χ2n) is 6.23. The summed E-state index contributed by atoms with van der Waals surface area (Å²) in [6, 6.07) is 10.8. The SMILES string of the molecule is CCCn1cc(SCC(=O)Nc2cc(C(F)(F)F)ccc2Cl)c2ccccc21. The van der Waals surface area contributed by atoms with Gasteiger partial charge in [-0.05, 0) is 30.7 Å². The molecule has 0 aliphatic heterocycles. The summed E-state index contributed by atoms with van der Waals surface area (Å²) in [7, 11) is 0. The number of halogens is 4. The van der Waals surface area contributed by atoms with Crippen LogP contribution in [0.1, 0.15) is 18.9 Å². The molecule has 1 heterocycles. The smallest absolute Gasteiger partial charge is 0.346 e. The van der Waals surface area contributed by atoms with Crippen LogP contribution in [0.25, 0.3) is 10.9 Å². The minimum atomic E-state index is -4.50. The van der Waals surface area contributed by atoms with Crippen LogP contribution in [-0.2, 0) is 17.5 Å². The van der Waals surface area contributed by atoms with E-state index in [2.05, 4.69) is 16.8 Å². The molecule has 3 rings (SSSR count). The van der Waals surface area contributed by atoms with Crippen molar-refractivity contribution in [1.29, 1.82) is 0 Å². The first-order chi connectivity index (χ1) is 13.3. The molecule has 2 aromatic carbocycles. The van der Waals surface area contributed by atoms with Gasteiger partial charge in [-0.2, -0.15) is 13.2 Å². The quantitative estimate of drug-likeness (QED) is 0.459. The first-order valence-electron chi connectivity index (χ1n) is 8.67. The van der Waals surface area contributed by atoms with E-state index >= 15 is 0 Å². The normalized spacial score (nSPS) is 11.8. The number of para-hydroxylation sites is 1. The topological polar surface area (TPSA) is 34.0 Å². The molecule has 8 heteroatoms. The molecular formula is C20H18ClF3N2OS. The fraction of sp³-hybridized carbons (Fsp3) is 0.250. The summed E-state index contributed by atoms with van der Waals surface area (Å²) in [4.78, 5) is 13.2. The highest BCUT2D eigenvalue weighted by molar-refractivity contribution is 8.00. The molecule has 0 aliphatic rings. The Kier molecular flexibility index (Phi) is 6.25. The Morgan fingerprint density at radius 3 is 2.68 bits per heavy atom. The van der Waals surface area contributed by atoms with E-state index in [0.717, 1.165) is 47.0 Å². The van der Waals surface area contributed by atoms with Gasteiger partial charge in [-0.1, -0.05) is 36.7 Å². The van der Waals surface area contributed by atoms with Crippen LogP contribution in [0.3, 0.4) is 0 Å². The second-order valence-corrected chi connectivity index (χ2v) is 7.66. The Labute approximate surface area is 169 Å². The molecule has 148 valence electrons. The highest BCUT2D eigenvalue weighted by atomic mass is 35.5. The summed E-state index contributed by atoms with van der Waals surface area (Å²) in [5.74, 6) is -0.356. The molecule has 0 aliphatic carbocycles. The van der Waals surface area contributed by atoms with Crippen LogP contribution in [0.5, 0.6) is 0 Å². The third kappa shape index (κ3) is 4.64. The van der Waals surface area contributed by atoms with Gasteiger partial charge in [0.1, 0.15) is 0 Å². The minimum absolute atomic E-state index is 0.0458. The standard InChI is InChI=1S/C20H18ClF3N2OS/c1-2-9-26-11-18(14-5-3-4-6-17(14)26)28-12-19(27)25-16-10-13(20(22,23)24)7-8-15(16)21/h3-8,10-11H,2,9,12H2,1H3,(H,25,27). The predicted octanol–water partition coefficient (Wildman–Crippen LogP) is 6.45. The number of fused-ring (bicyclic) bond motifs is 1. The zero-order chi connectivity index (χ0) is 20.3. The monoisotopic (exact) mass is 426 g/mol. The average molecular weight is 427 g/mol. The van der Waals surface area contributed by atoms with Gasteiger partial charge >= 0.3 is 6.18 Å². The number of aryl methyl sites for hydroxylation is 1. The van der Waals surface area contributed by atoms with Gasteiger partial charge in [-0.3, -0.25) is 4.79 Å². The first kappa shape index (κ1) is 20.6. The van der Waals surface area contributed by atoms with E-state index in [0.29, 0.717) is 0 Å². The lowest BCUT2D eigenvalue weighted by molar-refractivity contribution is -0.137. The van der Waals surface area contributed by atoms with Crippen molar-refractivity contribution in [3.63, 3.8) is 0 Å². The van der Waals surface area contributed by atoms with Crippen molar-refractivity contribution in [2.45, 2.75) is 31.0 Å². The van der Waals surface area contributed by atoms with E-state index in [1.165, 1.54) is 11.8 Å². The van der Waals surface area contributed by atoms with Gasteiger partial charge in [0.15, 0.2) is 0 Å². The van der Waals surface area contributed by atoms with Crippen LogP contribution < -0.4 is 5.32 Å². The number of benzene rings is 2. The maximum atomic E-state index is 12.9. The highest BCUT2D eigenvalue weighted by Gasteiger charge is 2.31. The van der Waals surface area contributed by atoms with Crippen LogP contribution in [0.15, 0.2) is 53.6 Å². The molecule has 0 saturated carbocycles. The van der Waals surface area contributed by atoms with Crippen LogP contribution in [0.4, 0.5) is 18.9 Å². The van der Waals surface area contributed by atoms with E-state index in [1.54, 1.807) is 0 Å². The zero-order valence-electron chi connectivity index (χ0n) is 15.0. The second kappa shape index (κ2) is 8.49. The van der Waals surface area contributed by atoms with Crippen LogP contribution >= 0.6 is 23.4 Å². The summed E-state index contributed by atoms with van der Waals surface area (Å²) < 4.78 is 40.7. The minimum Gasteiger partial charge on any atom is -0.346 e. The third-order valence-corrected chi connectivity index (χ3v) is 5.52. The molecule has 0 atom stereocenters. The van der Waals surface area contributed by atoms with Gasteiger partial charge in [0.25, 0.3) is 0 Å². The third-order valence-electron chi connectivity index (χ3n) is 4.14. The number of alkyl halides is 3. The zero-order valence-corrected chi connectivity index (χ0v) is 16.6. The number of thioether (sulfide) groups is 1. The van der Waals surface area contributed by atoms with Gasteiger partial charge in [0.05, 0.1) is 22.0 Å². The molecule has 1 aromatic heterocycles. The number of carbonyl (C=O) groups excluding carboxylic acids is 1. The Balaban J connectivity index is 1.73. The molecule has 0 spiro atoms. The van der Waals surface area contributed by atoms with Gasteiger partial charge < -0.3 is 9.88 Å². The van der Waals surface area contributed by atoms with Gasteiger partial charge in [0, 0.05) is 28.5 Å². The number of hydrogen-bond acceptors (Lipinski definition) is 2. The molecule has 3 nitrogen and oxygen atoms in total. The molecule has 3 aromatic rings. The van der Waals surface area contributed by atoms with Crippen molar-refractivity contribution in [2.24, 2.45) is 0 Å². The molecule has 28 heavy (non-hydrogen) atoms. The van der Waals surface area contributed by atoms with Gasteiger partial charge in [-0.15, -0.1) is 11.8 Å². The molecule has 0 fully saturated rings. The predicted molar refractivity (Wildman–Crippen MR) is 108 cm³/mol. The lowest BCUT2D eigenvalue weighted by atomic mass is 10.2. The number of nitrogens with one attached hydrogen (secondary N) is 1. The van der Waals surface area contributed by atoms with Crippen LogP contribution in [0, 0.1) is 0 Å². The van der Waals surface area contributed by atoms with Crippen molar-refractivity contribution < 1.29 is 18.0 Å². The lowest BCUT2D eigenvalue weighted by Gasteiger charge is -2.11. The Morgan fingerprint density at radius 1 is 1.21 bits per heavy atom. The average Bonchev–Trinajstić information content (AvgIpc) is 2.99. The van der Waals surface area contributed by atoms with E-state index in [1.807, 2.05) is 30.5 Å². The molecule has 1 N–H and O–H groups in total. The first-order valence-corrected chi connectivity index (χ1v) is 10.0. The summed E-state index contributed by atoms with van der Waals surface area (Å²) >= 11 is 7.27. The van der Waals surface area contributed by atoms with Gasteiger partial charge in [0.2, 0.25) is 5.91 Å². The summed E-state index contributed by atoms with van der Waals surface area (Å²) in [5, 5.41) is 3.58. The largest absolute Gasteiger partial charge is 0.416 e. The number of amides is 1. The van der Waals surface area contributed by atoms with E-state index in [9.17, 15) is 18.0 Å².